The van der Waals surface area contributed by atoms with Crippen LogP contribution in [-0.4, -0.2) is 0 Å². The molecule has 1 radical (unpaired) electrons. The van der Waals surface area contributed by atoms with Gasteiger partial charge in [0.25, 0.3) is 0 Å². The molecule has 4 rings (SSSR count). The second-order valence-corrected chi connectivity index (χ2v) is 6.42. The van der Waals surface area contributed by atoms with Gasteiger partial charge in [0, 0.05) is 0 Å². The molecule has 0 amide bonds. The first kappa shape index (κ1) is 49.6. The minimum absolute atomic E-state index is 0. The maximum atomic E-state index is 2.17. The maximum absolute atomic E-state index is 2.17. The SMILES string of the molecule is Cl.[Cl-].[Cl-].[Cl-].[Cl-].[Cl-].[Cl-].[Zr+3].[Zr+4].c1ccc(Pc2ccccc2)cc1.c1ccc2[cH-]ccc2c1. The van der Waals surface area contributed by atoms with Crippen LogP contribution in [0.4, 0.5) is 0 Å². The van der Waals surface area contributed by atoms with E-state index in [1.165, 1.54) is 21.4 Å². The molecule has 0 fully saturated rings. The first-order valence-electron chi connectivity index (χ1n) is 7.39. The first-order chi connectivity index (χ1) is 10.9. The van der Waals surface area contributed by atoms with Gasteiger partial charge >= 0.3 is 52.4 Å². The van der Waals surface area contributed by atoms with Gasteiger partial charge in [0.1, 0.15) is 0 Å². The van der Waals surface area contributed by atoms with Crippen molar-refractivity contribution in [2.24, 2.45) is 0 Å². The molecule has 0 nitrogen and oxygen atoms in total. The van der Waals surface area contributed by atoms with Crippen LogP contribution in [-0.2, 0) is 52.4 Å². The standard InChI is InChI=1S/C12H11P.C9H7.7ClH.2Zr/c1-3-7-11(8-4-1)13-12-9-5-2-6-10-12;1-2-5-9-7-3-6-8(9)4-1;;;;;;;;;/h1-10,13H;1-7H;7*1H;;/q;-1;;;;;;;;+3;+4/p-6. The van der Waals surface area contributed by atoms with Crippen LogP contribution in [0.1, 0.15) is 0 Å². The smallest absolute Gasteiger partial charge is 1.00 e. The third kappa shape index (κ3) is 18.5. The van der Waals surface area contributed by atoms with Crippen LogP contribution >= 0.6 is 21.0 Å². The van der Waals surface area contributed by atoms with E-state index < -0.39 is 0 Å². The summed E-state index contributed by atoms with van der Waals surface area (Å²) in [7, 11) is 0.777. The molecule has 0 aliphatic heterocycles. The predicted molar refractivity (Wildman–Crippen MR) is 107 cm³/mol. The molecule has 31 heavy (non-hydrogen) atoms. The summed E-state index contributed by atoms with van der Waals surface area (Å²) in [6, 6.07) is 35.8. The van der Waals surface area contributed by atoms with Crippen molar-refractivity contribution < 1.29 is 127 Å². The fraction of sp³-hybridized carbons (Fsp3) is 0. The van der Waals surface area contributed by atoms with Crippen LogP contribution < -0.4 is 85.1 Å². The molecule has 0 spiro atoms. The van der Waals surface area contributed by atoms with Gasteiger partial charge < -0.3 is 74.4 Å². The number of halogens is 7. The minimum Gasteiger partial charge on any atom is -1.00 e. The molecular weight excluding hydrogens is 714 g/mol. The van der Waals surface area contributed by atoms with E-state index in [0.29, 0.717) is 0 Å². The second-order valence-electron chi connectivity index (χ2n) is 5.01. The fourth-order valence-corrected chi connectivity index (χ4v) is 3.33. The van der Waals surface area contributed by atoms with E-state index in [-0.39, 0.29) is 139 Å². The number of hydrogen-bond donors (Lipinski definition) is 0. The summed E-state index contributed by atoms with van der Waals surface area (Å²) in [5, 5.41) is 5.46. The van der Waals surface area contributed by atoms with Gasteiger partial charge in [-0.3, -0.25) is 0 Å². The van der Waals surface area contributed by atoms with Crippen LogP contribution in [0.25, 0.3) is 10.8 Å². The summed E-state index contributed by atoms with van der Waals surface area (Å²) in [5.41, 5.74) is 0. The van der Waals surface area contributed by atoms with E-state index in [4.69, 9.17) is 0 Å². The Balaban J connectivity index is -0.0000000592. The molecule has 0 bridgehead atoms. The van der Waals surface area contributed by atoms with Crippen molar-refractivity contribution in [3.8, 4) is 0 Å². The summed E-state index contributed by atoms with van der Waals surface area (Å²) in [6.07, 6.45) is 0. The van der Waals surface area contributed by atoms with Gasteiger partial charge in [0.15, 0.2) is 0 Å². The zero-order chi connectivity index (χ0) is 15.0. The average Bonchev–Trinajstić information content (AvgIpc) is 3.06. The zero-order valence-corrected chi connectivity index (χ0v) is 27.3. The molecule has 0 saturated heterocycles. The first-order valence-corrected chi connectivity index (χ1v) is 8.39. The Kier molecular flexibility index (Phi) is 47.2. The van der Waals surface area contributed by atoms with Crippen molar-refractivity contribution in [3.63, 3.8) is 0 Å². The Labute approximate surface area is 269 Å². The van der Waals surface area contributed by atoms with Crippen LogP contribution in [0.2, 0.25) is 0 Å². The van der Waals surface area contributed by atoms with Crippen LogP contribution in [0, 0.1) is 0 Å². The molecule has 0 unspecified atom stereocenters. The van der Waals surface area contributed by atoms with E-state index >= 15 is 0 Å². The van der Waals surface area contributed by atoms with Gasteiger partial charge in [-0.05, 0) is 10.6 Å². The maximum Gasteiger partial charge on any atom is 4.00 e. The van der Waals surface area contributed by atoms with Crippen molar-refractivity contribution in [2.75, 3.05) is 0 Å². The van der Waals surface area contributed by atoms with Crippen LogP contribution in [0.5, 0.6) is 0 Å². The van der Waals surface area contributed by atoms with Gasteiger partial charge in [-0.15, -0.1) is 42.1 Å². The van der Waals surface area contributed by atoms with Crippen molar-refractivity contribution in [1.82, 2.24) is 0 Å². The Morgan fingerprint density at radius 3 is 1.32 bits per heavy atom. The molecule has 0 aliphatic rings. The molecule has 0 N–H and O–H groups in total. The van der Waals surface area contributed by atoms with Gasteiger partial charge in [-0.25, -0.2) is 0 Å². The van der Waals surface area contributed by atoms with Gasteiger partial charge in [0.05, 0.1) is 0 Å². The molecule has 0 heterocycles. The third-order valence-electron chi connectivity index (χ3n) is 3.38. The van der Waals surface area contributed by atoms with Crippen LogP contribution in [0.3, 0.4) is 0 Å². The summed E-state index contributed by atoms with van der Waals surface area (Å²) >= 11 is 0. The van der Waals surface area contributed by atoms with Crippen molar-refractivity contribution in [2.45, 2.75) is 0 Å². The topological polar surface area (TPSA) is 0 Å². The normalized spacial score (nSPS) is 7.10. The summed E-state index contributed by atoms with van der Waals surface area (Å²) in [6.45, 7) is 0. The van der Waals surface area contributed by atoms with Crippen molar-refractivity contribution >= 4 is 42.4 Å². The average molecular weight is 733 g/mol. The number of fused-ring (bicyclic) bond motifs is 1. The molecule has 4 aromatic rings. The quantitative estimate of drug-likeness (QED) is 0.142. The van der Waals surface area contributed by atoms with E-state index in [2.05, 4.69) is 103 Å². The third-order valence-corrected chi connectivity index (χ3v) is 4.63. The molecular formula is C21H19Cl7PZr2. The van der Waals surface area contributed by atoms with Crippen molar-refractivity contribution in [3.05, 3.63) is 103 Å². The van der Waals surface area contributed by atoms with E-state index in [1.54, 1.807) is 0 Å². The monoisotopic (exact) mass is 727 g/mol. The summed E-state index contributed by atoms with van der Waals surface area (Å²) in [5.74, 6) is 0. The molecule has 0 saturated carbocycles. The number of benzene rings is 3. The van der Waals surface area contributed by atoms with Gasteiger partial charge in [-0.1, -0.05) is 75.3 Å². The Bertz CT molecular complexity index is 767. The molecule has 4 aromatic carbocycles. The Morgan fingerprint density at radius 1 is 0.516 bits per heavy atom. The zero-order valence-electron chi connectivity index (χ0n) is 16.0. The number of hydrogen-bond acceptors (Lipinski definition) is 0. The predicted octanol–water partition coefficient (Wildman–Crippen LogP) is -12.7. The van der Waals surface area contributed by atoms with E-state index in [0.717, 1.165) is 8.58 Å². The molecule has 0 aliphatic carbocycles. The van der Waals surface area contributed by atoms with E-state index in [9.17, 15) is 0 Å². The molecule has 0 aromatic heterocycles. The minimum atomic E-state index is 0. The molecule has 165 valence electrons. The Hall–Kier alpha value is 1.50. The largest absolute Gasteiger partial charge is 4.00 e. The molecule has 0 atom stereocenters. The van der Waals surface area contributed by atoms with E-state index in [1.807, 2.05) is 0 Å². The fourth-order valence-electron chi connectivity index (χ4n) is 2.28. The summed E-state index contributed by atoms with van der Waals surface area (Å²) < 4.78 is 0. The molecule has 10 heteroatoms. The second kappa shape index (κ2) is 29.5. The van der Waals surface area contributed by atoms with Crippen molar-refractivity contribution in [1.29, 1.82) is 0 Å². The van der Waals surface area contributed by atoms with Crippen LogP contribution in [0.15, 0.2) is 103 Å². The van der Waals surface area contributed by atoms with Gasteiger partial charge in [0.2, 0.25) is 0 Å². The number of rotatable bonds is 2. The van der Waals surface area contributed by atoms with Gasteiger partial charge in [-0.2, -0.15) is 17.5 Å². The Morgan fingerprint density at radius 2 is 0.903 bits per heavy atom. The summed E-state index contributed by atoms with van der Waals surface area (Å²) in [4.78, 5) is 0.